The van der Waals surface area contributed by atoms with Gasteiger partial charge in [0.2, 0.25) is 0 Å². The van der Waals surface area contributed by atoms with Crippen LogP contribution in [-0.2, 0) is 24.1 Å². The maximum absolute atomic E-state index is 13.7. The molecular weight excluding hydrogens is 777 g/mol. The Morgan fingerprint density at radius 1 is 0.968 bits per heavy atom. The van der Waals surface area contributed by atoms with Gasteiger partial charge >= 0.3 is 0 Å². The number of phenols is 2. The number of aryl methyl sites for hydroxylation is 1. The Kier molecular flexibility index (Phi) is 16.3. The summed E-state index contributed by atoms with van der Waals surface area (Å²) in [6, 6.07) is 26.7. The quantitative estimate of drug-likeness (QED) is 0.0237. The Labute approximate surface area is 365 Å². The summed E-state index contributed by atoms with van der Waals surface area (Å²) in [5.41, 5.74) is 18.9. The van der Waals surface area contributed by atoms with Crippen molar-refractivity contribution < 1.29 is 30.0 Å². The number of nitrogens with two attached hydrogens (primary N) is 2. The van der Waals surface area contributed by atoms with Crippen LogP contribution in [0.1, 0.15) is 103 Å². The van der Waals surface area contributed by atoms with Gasteiger partial charge in [0.25, 0.3) is 0 Å². The Bertz CT molecular complexity index is 2350. The minimum Gasteiger partial charge on any atom is -0.875 e. The molecule has 10 heteroatoms. The van der Waals surface area contributed by atoms with Crippen LogP contribution >= 0.6 is 0 Å². The topological polar surface area (TPSA) is 186 Å². The van der Waals surface area contributed by atoms with Crippen LogP contribution in [-0.4, -0.2) is 52.1 Å². The van der Waals surface area contributed by atoms with Crippen LogP contribution in [0.3, 0.4) is 0 Å². The highest BCUT2D eigenvalue weighted by atomic mass is 16.5. The molecule has 1 aliphatic carbocycles. The van der Waals surface area contributed by atoms with Crippen LogP contribution in [0, 0.1) is 17.8 Å². The SMILES string of the molecule is CC(O)CNC(Cc1ccccc1)C(C)CCCC=CC(=O)CCc1ccc(O)c(OCCc2ccc(O)c(C3CC([O-])=C4C=CN=C4CC#Cc4cc(C(N)N)ccc43)c2)c1. The van der Waals surface area contributed by atoms with Gasteiger partial charge in [-0.25, -0.2) is 0 Å². The summed E-state index contributed by atoms with van der Waals surface area (Å²) in [6.07, 6.45) is 11.2. The number of allylic oxidation sites excluding steroid dienone is 5. The monoisotopic (exact) mass is 835 g/mol. The van der Waals surface area contributed by atoms with Crippen molar-refractivity contribution in [3.8, 4) is 29.1 Å². The number of aromatic hydroxyl groups is 2. The molecular formula is C52H59N4O6-. The molecule has 4 unspecified atom stereocenters. The zero-order valence-electron chi connectivity index (χ0n) is 35.7. The number of nitrogens with zero attached hydrogens (tertiary/aromatic N) is 1. The lowest BCUT2D eigenvalue weighted by molar-refractivity contribution is -0.307. The average Bonchev–Trinajstić information content (AvgIpc) is 3.74. The maximum atomic E-state index is 13.7. The highest BCUT2D eigenvalue weighted by Gasteiger charge is 2.24. The lowest BCUT2D eigenvalue weighted by atomic mass is 9.82. The number of aliphatic hydroxyl groups is 1. The van der Waals surface area contributed by atoms with Gasteiger partial charge < -0.3 is 41.9 Å². The van der Waals surface area contributed by atoms with Gasteiger partial charge in [0.1, 0.15) is 5.75 Å². The van der Waals surface area contributed by atoms with Crippen molar-refractivity contribution in [2.75, 3.05) is 13.2 Å². The van der Waals surface area contributed by atoms with Crippen molar-refractivity contribution in [3.05, 3.63) is 160 Å². The normalized spacial score (nSPS) is 16.3. The lowest BCUT2D eigenvalue weighted by Crippen LogP contribution is -2.40. The molecule has 1 heterocycles. The van der Waals surface area contributed by atoms with Gasteiger partial charge in [0, 0.05) is 48.7 Å². The predicted molar refractivity (Wildman–Crippen MR) is 244 cm³/mol. The van der Waals surface area contributed by atoms with E-state index in [1.54, 1.807) is 49.5 Å². The van der Waals surface area contributed by atoms with Gasteiger partial charge in [-0.15, -0.1) is 5.76 Å². The van der Waals surface area contributed by atoms with Gasteiger partial charge in [-0.3, -0.25) is 9.79 Å². The number of fused-ring (bicyclic) bond motifs is 2. The number of benzene rings is 4. The van der Waals surface area contributed by atoms with Gasteiger partial charge in [0.15, 0.2) is 17.3 Å². The summed E-state index contributed by atoms with van der Waals surface area (Å²) in [6.45, 7) is 4.82. The molecule has 324 valence electrons. The molecule has 62 heavy (non-hydrogen) atoms. The summed E-state index contributed by atoms with van der Waals surface area (Å²) in [5, 5.41) is 49.0. The number of rotatable bonds is 20. The fraction of sp³-hybridized carbons (Fsp3) is 0.346. The average molecular weight is 836 g/mol. The molecule has 1 aliphatic heterocycles. The van der Waals surface area contributed by atoms with Crippen LogP contribution < -0.4 is 26.6 Å². The highest BCUT2D eigenvalue weighted by Crippen LogP contribution is 2.39. The van der Waals surface area contributed by atoms with Crippen LogP contribution in [0.5, 0.6) is 17.2 Å². The second kappa shape index (κ2) is 22.2. The Balaban J connectivity index is 1.03. The fourth-order valence-electron chi connectivity index (χ4n) is 8.00. The van der Waals surface area contributed by atoms with Gasteiger partial charge in [-0.05, 0) is 121 Å². The number of carbonyl (C=O) groups excluding carboxylic acids is 1. The van der Waals surface area contributed by atoms with Crippen LogP contribution in [0.2, 0.25) is 0 Å². The smallest absolute Gasteiger partial charge is 0.161 e. The summed E-state index contributed by atoms with van der Waals surface area (Å²) in [4.78, 5) is 17.2. The molecule has 0 saturated heterocycles. The van der Waals surface area contributed by atoms with Gasteiger partial charge in [0.05, 0.1) is 31.0 Å². The number of unbranched alkanes of at least 4 members (excludes halogenated alkanes) is 1. The van der Waals surface area contributed by atoms with Crippen molar-refractivity contribution in [2.45, 2.75) is 95.9 Å². The minimum absolute atomic E-state index is 0.00310. The molecule has 0 bridgehead atoms. The van der Waals surface area contributed by atoms with Crippen molar-refractivity contribution in [2.24, 2.45) is 22.4 Å². The minimum atomic E-state index is -0.700. The van der Waals surface area contributed by atoms with Crippen molar-refractivity contribution in [3.63, 3.8) is 0 Å². The summed E-state index contributed by atoms with van der Waals surface area (Å²) in [5.74, 6) is 6.61. The molecule has 6 rings (SSSR count). The summed E-state index contributed by atoms with van der Waals surface area (Å²) in [7, 11) is 0. The van der Waals surface area contributed by atoms with E-state index in [1.165, 1.54) is 5.56 Å². The predicted octanol–water partition coefficient (Wildman–Crippen LogP) is 6.94. The zero-order valence-corrected chi connectivity index (χ0v) is 35.7. The highest BCUT2D eigenvalue weighted by molar-refractivity contribution is 6.06. The number of phenolic OH excluding ortho intramolecular Hbond substituents is 2. The first kappa shape index (κ1) is 45.6. The molecule has 0 radical (unpaired) electrons. The number of hydrogen-bond donors (Lipinski definition) is 6. The molecule has 0 fully saturated rings. The first-order valence-electron chi connectivity index (χ1n) is 21.6. The third kappa shape index (κ3) is 12.8. The summed E-state index contributed by atoms with van der Waals surface area (Å²) >= 11 is 0. The molecule has 4 atom stereocenters. The van der Waals surface area contributed by atoms with E-state index in [2.05, 4.69) is 53.3 Å². The largest absolute Gasteiger partial charge is 0.875 e. The van der Waals surface area contributed by atoms with E-state index in [0.717, 1.165) is 42.4 Å². The molecule has 4 aromatic rings. The number of aliphatic imine (C=N–C) groups is 1. The molecule has 8 N–H and O–H groups in total. The second-order valence-electron chi connectivity index (χ2n) is 16.5. The number of ether oxygens (including phenoxy) is 1. The number of ketones is 1. The first-order chi connectivity index (χ1) is 29.9. The Hall–Kier alpha value is -5.96. The number of aliphatic hydroxyl groups excluding tert-OH is 1. The molecule has 2 aliphatic rings. The molecule has 0 saturated carbocycles. The summed E-state index contributed by atoms with van der Waals surface area (Å²) < 4.78 is 6.07. The van der Waals surface area contributed by atoms with Crippen LogP contribution in [0.15, 0.2) is 126 Å². The third-order valence-corrected chi connectivity index (χ3v) is 11.6. The van der Waals surface area contributed by atoms with E-state index in [4.69, 9.17) is 16.2 Å². The van der Waals surface area contributed by atoms with E-state index < -0.39 is 18.2 Å². The number of carbonyl (C=O) groups is 1. The Morgan fingerprint density at radius 3 is 2.52 bits per heavy atom. The van der Waals surface area contributed by atoms with Gasteiger partial charge in [-0.1, -0.05) is 85.5 Å². The first-order valence-corrected chi connectivity index (χ1v) is 21.6. The molecule has 4 aromatic carbocycles. The van der Waals surface area contributed by atoms with Crippen molar-refractivity contribution >= 4 is 11.5 Å². The molecule has 0 aromatic heterocycles. The fourth-order valence-corrected chi connectivity index (χ4v) is 8.00. The standard InChI is InChI=1S/C52H60N4O6/c1-34(47(56-33-35(2)57)29-36-11-6-4-7-12-36)10-5-3-8-14-41(58)20-16-37-18-23-49(60)51(30-37)62-27-25-38-17-22-48(59)45(28-38)44-32-50(61)43-24-26-55-46(43)15-9-13-39-31-40(52(53)54)19-21-42(39)44/h4,6-8,11-12,14,17-19,21-24,26,28,30-31,34-35,44,47,52,56-57,59-61H,3,5,10,15-16,20,25,27,29,32-33,53-54H2,1-2H3/p-1. The maximum Gasteiger partial charge on any atom is 0.161 e. The Morgan fingerprint density at radius 2 is 1.74 bits per heavy atom. The zero-order chi connectivity index (χ0) is 44.0. The van der Waals surface area contributed by atoms with Gasteiger partial charge in [-0.2, -0.15) is 0 Å². The van der Waals surface area contributed by atoms with E-state index >= 15 is 0 Å². The second-order valence-corrected chi connectivity index (χ2v) is 16.5. The lowest BCUT2D eigenvalue weighted by Gasteiger charge is -2.27. The van der Waals surface area contributed by atoms with E-state index in [1.807, 2.05) is 42.5 Å². The number of hydrogen-bond acceptors (Lipinski definition) is 10. The van der Waals surface area contributed by atoms with E-state index in [0.29, 0.717) is 71.9 Å². The van der Waals surface area contributed by atoms with Crippen LogP contribution in [0.4, 0.5) is 0 Å². The van der Waals surface area contributed by atoms with Crippen molar-refractivity contribution in [1.29, 1.82) is 0 Å². The molecule has 10 nitrogen and oxygen atoms in total. The van der Waals surface area contributed by atoms with E-state index in [9.17, 15) is 25.2 Å². The molecule has 0 amide bonds. The van der Waals surface area contributed by atoms with E-state index in [-0.39, 0.29) is 42.1 Å². The van der Waals surface area contributed by atoms with Crippen LogP contribution in [0.25, 0.3) is 0 Å². The van der Waals surface area contributed by atoms with Crippen molar-refractivity contribution in [1.82, 2.24) is 5.32 Å². The number of nitrogens with one attached hydrogen (secondary N) is 1. The third-order valence-electron chi connectivity index (χ3n) is 11.6. The molecule has 0 spiro atoms.